The van der Waals surface area contributed by atoms with Crippen LogP contribution < -0.4 is 5.46 Å². The Morgan fingerprint density at radius 3 is 2.42 bits per heavy atom. The maximum atomic E-state index is 6.07. The summed E-state index contributed by atoms with van der Waals surface area (Å²) in [4.78, 5) is 0. The molecule has 1 aliphatic rings. The predicted molar refractivity (Wildman–Crippen MR) is 84.5 cm³/mol. The third kappa shape index (κ3) is 2.09. The second-order valence-corrected chi connectivity index (χ2v) is 7.08. The van der Waals surface area contributed by atoms with Gasteiger partial charge < -0.3 is 9.31 Å². The number of nitrogens with zero attached hydrogens (tertiary/aromatic N) is 1. The van der Waals surface area contributed by atoms with Crippen LogP contribution in [0.15, 0.2) is 18.3 Å². The standard InChI is InChI=1S/C13H16BIN2O2/c1-12(2)13(3,4)19-14(18-12)8-5-10(15)9-7-16-17-11(9)6-8/h5-7H,1-4H3,(H,16,17). The molecule has 1 N–H and O–H groups in total. The van der Waals surface area contributed by atoms with Crippen LogP contribution in [0.5, 0.6) is 0 Å². The van der Waals surface area contributed by atoms with Crippen LogP contribution in [0.1, 0.15) is 27.7 Å². The van der Waals surface area contributed by atoms with Crippen molar-refractivity contribution in [3.05, 3.63) is 21.9 Å². The fourth-order valence-corrected chi connectivity index (χ4v) is 2.93. The van der Waals surface area contributed by atoms with Gasteiger partial charge in [0.05, 0.1) is 22.9 Å². The van der Waals surface area contributed by atoms with Crippen LogP contribution >= 0.6 is 22.6 Å². The molecule has 1 aliphatic heterocycles. The van der Waals surface area contributed by atoms with Crippen molar-refractivity contribution in [2.75, 3.05) is 0 Å². The zero-order valence-corrected chi connectivity index (χ0v) is 13.6. The van der Waals surface area contributed by atoms with Gasteiger partial charge in [0.25, 0.3) is 0 Å². The molecule has 0 spiro atoms. The summed E-state index contributed by atoms with van der Waals surface area (Å²) in [6, 6.07) is 4.15. The fraction of sp³-hybridized carbons (Fsp3) is 0.462. The molecule has 4 nitrogen and oxygen atoms in total. The number of hydrogen-bond donors (Lipinski definition) is 1. The smallest absolute Gasteiger partial charge is 0.399 e. The molecule has 1 aromatic heterocycles. The molecule has 0 unspecified atom stereocenters. The van der Waals surface area contributed by atoms with Gasteiger partial charge in [-0.2, -0.15) is 5.10 Å². The molecule has 0 atom stereocenters. The predicted octanol–water partition coefficient (Wildman–Crippen LogP) is 2.47. The maximum Gasteiger partial charge on any atom is 0.494 e. The summed E-state index contributed by atoms with van der Waals surface area (Å²) in [5.74, 6) is 0. The van der Waals surface area contributed by atoms with Crippen LogP contribution in [0.2, 0.25) is 0 Å². The molecule has 2 heterocycles. The number of benzene rings is 1. The van der Waals surface area contributed by atoms with Crippen molar-refractivity contribution in [3.8, 4) is 0 Å². The largest absolute Gasteiger partial charge is 0.494 e. The topological polar surface area (TPSA) is 47.1 Å². The Kier molecular flexibility index (Phi) is 2.96. The summed E-state index contributed by atoms with van der Waals surface area (Å²) in [5, 5.41) is 8.20. The second-order valence-electron chi connectivity index (χ2n) is 5.92. The number of H-pyrrole nitrogens is 1. The molecule has 100 valence electrons. The summed E-state index contributed by atoms with van der Waals surface area (Å²) in [7, 11) is -0.328. The summed E-state index contributed by atoms with van der Waals surface area (Å²) in [6.45, 7) is 8.25. The van der Waals surface area contributed by atoms with E-state index in [-0.39, 0.29) is 18.3 Å². The molecule has 1 aromatic carbocycles. The number of halogens is 1. The lowest BCUT2D eigenvalue weighted by Gasteiger charge is -2.32. The van der Waals surface area contributed by atoms with E-state index in [9.17, 15) is 0 Å². The minimum atomic E-state index is -0.328. The monoisotopic (exact) mass is 370 g/mol. The van der Waals surface area contributed by atoms with E-state index in [1.165, 1.54) is 0 Å². The van der Waals surface area contributed by atoms with Crippen LogP contribution in [0.4, 0.5) is 0 Å². The van der Waals surface area contributed by atoms with E-state index < -0.39 is 0 Å². The first-order valence-corrected chi connectivity index (χ1v) is 7.36. The molecule has 0 saturated carbocycles. The Morgan fingerprint density at radius 1 is 1.16 bits per heavy atom. The van der Waals surface area contributed by atoms with E-state index in [0.717, 1.165) is 19.9 Å². The van der Waals surface area contributed by atoms with Gasteiger partial charge >= 0.3 is 7.12 Å². The first kappa shape index (κ1) is 13.4. The Balaban J connectivity index is 2.02. The van der Waals surface area contributed by atoms with Gasteiger partial charge in [-0.25, -0.2) is 0 Å². The highest BCUT2D eigenvalue weighted by atomic mass is 127. The van der Waals surface area contributed by atoms with Crippen LogP contribution in [0.3, 0.4) is 0 Å². The number of nitrogens with one attached hydrogen (secondary N) is 1. The maximum absolute atomic E-state index is 6.07. The van der Waals surface area contributed by atoms with Crippen molar-refractivity contribution in [2.24, 2.45) is 0 Å². The molecule has 0 radical (unpaired) electrons. The number of rotatable bonds is 1. The van der Waals surface area contributed by atoms with Crippen molar-refractivity contribution >= 4 is 46.1 Å². The lowest BCUT2D eigenvalue weighted by Crippen LogP contribution is -2.41. The van der Waals surface area contributed by atoms with Gasteiger partial charge in [-0.3, -0.25) is 5.10 Å². The minimum absolute atomic E-state index is 0.313. The van der Waals surface area contributed by atoms with Gasteiger partial charge in [0.2, 0.25) is 0 Å². The zero-order valence-electron chi connectivity index (χ0n) is 11.5. The molecule has 2 aromatic rings. The summed E-state index contributed by atoms with van der Waals surface area (Å²) >= 11 is 2.31. The lowest BCUT2D eigenvalue weighted by atomic mass is 9.79. The number of aromatic nitrogens is 2. The Labute approximate surface area is 126 Å². The Hall–Kier alpha value is -0.595. The van der Waals surface area contributed by atoms with Gasteiger partial charge in [0.15, 0.2) is 0 Å². The summed E-state index contributed by atoms with van der Waals surface area (Å²) in [5.41, 5.74) is 1.41. The highest BCUT2D eigenvalue weighted by Crippen LogP contribution is 2.36. The SMILES string of the molecule is CC1(C)OB(c2cc(I)c3cn[nH]c3c2)OC1(C)C. The van der Waals surface area contributed by atoms with Gasteiger partial charge in [-0.05, 0) is 67.9 Å². The molecule has 0 amide bonds. The van der Waals surface area contributed by atoms with Crippen molar-refractivity contribution < 1.29 is 9.31 Å². The van der Waals surface area contributed by atoms with Crippen LogP contribution in [-0.2, 0) is 9.31 Å². The number of fused-ring (bicyclic) bond motifs is 1. The molecule has 1 saturated heterocycles. The number of hydrogen-bond acceptors (Lipinski definition) is 3. The van der Waals surface area contributed by atoms with Gasteiger partial charge in [-0.1, -0.05) is 0 Å². The fourth-order valence-electron chi connectivity index (χ4n) is 2.14. The van der Waals surface area contributed by atoms with E-state index in [4.69, 9.17) is 9.31 Å². The van der Waals surface area contributed by atoms with E-state index in [0.29, 0.717) is 0 Å². The normalized spacial score (nSPS) is 21.2. The van der Waals surface area contributed by atoms with Crippen molar-refractivity contribution in [1.29, 1.82) is 0 Å². The minimum Gasteiger partial charge on any atom is -0.399 e. The first-order valence-electron chi connectivity index (χ1n) is 6.28. The number of aromatic amines is 1. The third-order valence-electron chi connectivity index (χ3n) is 4.06. The van der Waals surface area contributed by atoms with E-state index in [1.807, 2.05) is 12.3 Å². The van der Waals surface area contributed by atoms with Crippen LogP contribution in [0.25, 0.3) is 10.9 Å². The quantitative estimate of drug-likeness (QED) is 0.620. The van der Waals surface area contributed by atoms with E-state index >= 15 is 0 Å². The zero-order chi connectivity index (χ0) is 13.8. The van der Waals surface area contributed by atoms with Crippen LogP contribution in [0, 0.1) is 3.57 Å². The van der Waals surface area contributed by atoms with E-state index in [2.05, 4.69) is 66.5 Å². The molecule has 0 bridgehead atoms. The van der Waals surface area contributed by atoms with Crippen molar-refractivity contribution in [3.63, 3.8) is 0 Å². The third-order valence-corrected chi connectivity index (χ3v) is 4.95. The highest BCUT2D eigenvalue weighted by Gasteiger charge is 2.51. The molecular weight excluding hydrogens is 354 g/mol. The molecule has 19 heavy (non-hydrogen) atoms. The van der Waals surface area contributed by atoms with E-state index in [1.54, 1.807) is 0 Å². The van der Waals surface area contributed by atoms with Crippen molar-refractivity contribution in [2.45, 2.75) is 38.9 Å². The lowest BCUT2D eigenvalue weighted by molar-refractivity contribution is 0.00578. The second kappa shape index (κ2) is 4.20. The highest BCUT2D eigenvalue weighted by molar-refractivity contribution is 14.1. The average molecular weight is 370 g/mol. The molecule has 0 aliphatic carbocycles. The Morgan fingerprint density at radius 2 is 1.79 bits per heavy atom. The van der Waals surface area contributed by atoms with Crippen molar-refractivity contribution in [1.82, 2.24) is 10.2 Å². The summed E-state index contributed by atoms with van der Waals surface area (Å²) in [6.07, 6.45) is 1.84. The average Bonchev–Trinajstić information content (AvgIpc) is 2.82. The van der Waals surface area contributed by atoms with Gasteiger partial charge in [-0.15, -0.1) is 0 Å². The Bertz CT molecular complexity index is 623. The molecule has 6 heteroatoms. The molecular formula is C13H16BIN2O2. The van der Waals surface area contributed by atoms with Gasteiger partial charge in [0, 0.05) is 8.96 Å². The molecule has 1 fully saturated rings. The molecule has 3 rings (SSSR count). The van der Waals surface area contributed by atoms with Gasteiger partial charge in [0.1, 0.15) is 0 Å². The summed E-state index contributed by atoms with van der Waals surface area (Å²) < 4.78 is 13.3. The first-order chi connectivity index (χ1) is 8.80. The van der Waals surface area contributed by atoms with Crippen LogP contribution in [-0.4, -0.2) is 28.5 Å².